The van der Waals surface area contributed by atoms with Crippen LogP contribution in [0.1, 0.15) is 16.7 Å². The number of anilines is 1. The minimum absolute atomic E-state index is 0.376. The van der Waals surface area contributed by atoms with Crippen LogP contribution in [0.2, 0.25) is 0 Å². The second-order valence-electron chi connectivity index (χ2n) is 4.63. The molecule has 2 aromatic rings. The van der Waals surface area contributed by atoms with Crippen molar-refractivity contribution in [2.45, 2.75) is 13.3 Å². The Balaban J connectivity index is 2.55. The number of rotatable bonds is 4. The van der Waals surface area contributed by atoms with E-state index in [2.05, 4.69) is 11.4 Å². The molecule has 0 bridgehead atoms. The predicted molar refractivity (Wildman–Crippen MR) is 80.6 cm³/mol. The van der Waals surface area contributed by atoms with Crippen LogP contribution < -0.4 is 5.32 Å². The fourth-order valence-electron chi connectivity index (χ4n) is 2.27. The maximum Gasteiger partial charge on any atom is 0.124 e. The SMILES string of the molecule is CNc1ccc(-c2cc(C#N)ccc2C)cc1CC=O. The van der Waals surface area contributed by atoms with E-state index < -0.39 is 0 Å². The first-order valence-electron chi connectivity index (χ1n) is 6.45. The van der Waals surface area contributed by atoms with Gasteiger partial charge in [0.05, 0.1) is 11.6 Å². The summed E-state index contributed by atoms with van der Waals surface area (Å²) in [5.41, 5.74) is 5.71. The van der Waals surface area contributed by atoms with Gasteiger partial charge in [-0.25, -0.2) is 0 Å². The number of carbonyl (C=O) groups is 1. The van der Waals surface area contributed by atoms with Gasteiger partial charge in [-0.05, 0) is 53.4 Å². The summed E-state index contributed by atoms with van der Waals surface area (Å²) in [6, 6.07) is 13.8. The number of nitrogens with zero attached hydrogens (tertiary/aromatic N) is 1. The van der Waals surface area contributed by atoms with Crippen LogP contribution >= 0.6 is 0 Å². The summed E-state index contributed by atoms with van der Waals surface area (Å²) < 4.78 is 0. The molecule has 0 aliphatic rings. The molecule has 2 rings (SSSR count). The smallest absolute Gasteiger partial charge is 0.124 e. The number of benzene rings is 2. The molecule has 0 amide bonds. The van der Waals surface area contributed by atoms with Gasteiger partial charge in [0, 0.05) is 19.2 Å². The quantitative estimate of drug-likeness (QED) is 0.862. The van der Waals surface area contributed by atoms with Gasteiger partial charge in [0.1, 0.15) is 6.29 Å². The van der Waals surface area contributed by atoms with E-state index in [0.29, 0.717) is 12.0 Å². The molecule has 100 valence electrons. The minimum Gasteiger partial charge on any atom is -0.388 e. The van der Waals surface area contributed by atoms with E-state index in [1.54, 1.807) is 0 Å². The molecule has 0 aliphatic heterocycles. The highest BCUT2D eigenvalue weighted by molar-refractivity contribution is 5.74. The number of nitrogens with one attached hydrogen (secondary N) is 1. The van der Waals surface area contributed by atoms with E-state index >= 15 is 0 Å². The second-order valence-corrected chi connectivity index (χ2v) is 4.63. The van der Waals surface area contributed by atoms with Gasteiger partial charge in [-0.3, -0.25) is 0 Å². The number of carbonyl (C=O) groups excluding carboxylic acids is 1. The molecule has 3 heteroatoms. The Labute approximate surface area is 118 Å². The van der Waals surface area contributed by atoms with Gasteiger partial charge in [0.2, 0.25) is 0 Å². The van der Waals surface area contributed by atoms with Crippen LogP contribution in [0.5, 0.6) is 0 Å². The summed E-state index contributed by atoms with van der Waals surface area (Å²) in [6.07, 6.45) is 1.28. The Bertz CT molecular complexity index is 684. The summed E-state index contributed by atoms with van der Waals surface area (Å²) in [4.78, 5) is 10.8. The Morgan fingerprint density at radius 3 is 2.70 bits per heavy atom. The molecule has 0 atom stereocenters. The lowest BCUT2D eigenvalue weighted by atomic mass is 9.95. The van der Waals surface area contributed by atoms with Crippen LogP contribution in [-0.2, 0) is 11.2 Å². The Morgan fingerprint density at radius 2 is 2.05 bits per heavy atom. The van der Waals surface area contributed by atoms with Gasteiger partial charge in [-0.1, -0.05) is 12.1 Å². The summed E-state index contributed by atoms with van der Waals surface area (Å²) in [6.45, 7) is 2.02. The molecule has 0 saturated carbocycles. The standard InChI is InChI=1S/C17H16N2O/c1-12-3-4-13(11-18)9-16(12)14-5-6-17(19-2)15(10-14)7-8-20/h3-6,8-10,19H,7H2,1-2H3. The molecule has 1 N–H and O–H groups in total. The van der Waals surface area contributed by atoms with Crippen LogP contribution in [0.15, 0.2) is 36.4 Å². The molecule has 0 fully saturated rings. The molecule has 0 aliphatic carbocycles. The fraction of sp³-hybridized carbons (Fsp3) is 0.176. The lowest BCUT2D eigenvalue weighted by Crippen LogP contribution is -1.97. The van der Waals surface area contributed by atoms with Crippen molar-refractivity contribution in [2.75, 3.05) is 12.4 Å². The van der Waals surface area contributed by atoms with Crippen molar-refractivity contribution in [3.8, 4) is 17.2 Å². The highest BCUT2D eigenvalue weighted by Gasteiger charge is 2.07. The first kappa shape index (κ1) is 13.8. The summed E-state index contributed by atoms with van der Waals surface area (Å²) >= 11 is 0. The summed E-state index contributed by atoms with van der Waals surface area (Å²) in [5.74, 6) is 0. The van der Waals surface area contributed by atoms with E-state index in [1.807, 2.05) is 50.4 Å². The number of aldehydes is 1. The minimum atomic E-state index is 0.376. The van der Waals surface area contributed by atoms with E-state index in [1.165, 1.54) is 0 Å². The van der Waals surface area contributed by atoms with Crippen LogP contribution in [0.3, 0.4) is 0 Å². The third kappa shape index (κ3) is 2.70. The van der Waals surface area contributed by atoms with E-state index in [-0.39, 0.29) is 0 Å². The van der Waals surface area contributed by atoms with Crippen molar-refractivity contribution in [1.82, 2.24) is 0 Å². The molecule has 3 nitrogen and oxygen atoms in total. The second kappa shape index (κ2) is 6.03. The number of aryl methyl sites for hydroxylation is 1. The maximum absolute atomic E-state index is 10.8. The monoisotopic (exact) mass is 264 g/mol. The fourth-order valence-corrected chi connectivity index (χ4v) is 2.27. The Hall–Kier alpha value is -2.60. The van der Waals surface area contributed by atoms with Crippen molar-refractivity contribution < 1.29 is 4.79 Å². The van der Waals surface area contributed by atoms with Gasteiger partial charge in [0.25, 0.3) is 0 Å². The molecule has 0 spiro atoms. The molecular formula is C17H16N2O. The van der Waals surface area contributed by atoms with E-state index in [0.717, 1.165) is 34.2 Å². The third-order valence-electron chi connectivity index (χ3n) is 3.36. The molecule has 0 aromatic heterocycles. The molecule has 0 radical (unpaired) electrons. The molecule has 0 heterocycles. The van der Waals surface area contributed by atoms with Crippen molar-refractivity contribution in [3.63, 3.8) is 0 Å². The third-order valence-corrected chi connectivity index (χ3v) is 3.36. The maximum atomic E-state index is 10.8. The number of hydrogen-bond donors (Lipinski definition) is 1. The number of nitriles is 1. The Kier molecular flexibility index (Phi) is 4.17. The van der Waals surface area contributed by atoms with Crippen molar-refractivity contribution in [1.29, 1.82) is 5.26 Å². The van der Waals surface area contributed by atoms with E-state index in [4.69, 9.17) is 5.26 Å². The Morgan fingerprint density at radius 1 is 1.25 bits per heavy atom. The highest BCUT2D eigenvalue weighted by Crippen LogP contribution is 2.28. The summed E-state index contributed by atoms with van der Waals surface area (Å²) in [7, 11) is 1.84. The predicted octanol–water partition coefficient (Wildman–Crippen LogP) is 3.32. The van der Waals surface area contributed by atoms with Crippen LogP contribution in [0, 0.1) is 18.3 Å². The average Bonchev–Trinajstić information content (AvgIpc) is 2.48. The first-order chi connectivity index (χ1) is 9.69. The van der Waals surface area contributed by atoms with Gasteiger partial charge >= 0.3 is 0 Å². The zero-order valence-corrected chi connectivity index (χ0v) is 11.6. The number of hydrogen-bond acceptors (Lipinski definition) is 3. The van der Waals surface area contributed by atoms with Crippen LogP contribution in [0.25, 0.3) is 11.1 Å². The molecule has 2 aromatic carbocycles. The van der Waals surface area contributed by atoms with Gasteiger partial charge < -0.3 is 10.1 Å². The zero-order valence-electron chi connectivity index (χ0n) is 11.6. The van der Waals surface area contributed by atoms with Gasteiger partial charge in [0.15, 0.2) is 0 Å². The lowest BCUT2D eigenvalue weighted by Gasteiger charge is -2.12. The average molecular weight is 264 g/mol. The largest absolute Gasteiger partial charge is 0.388 e. The van der Waals surface area contributed by atoms with Gasteiger partial charge in [-0.15, -0.1) is 0 Å². The highest BCUT2D eigenvalue weighted by atomic mass is 16.1. The summed E-state index contributed by atoms with van der Waals surface area (Å²) in [5, 5.41) is 12.1. The lowest BCUT2D eigenvalue weighted by molar-refractivity contribution is -0.107. The molecular weight excluding hydrogens is 248 g/mol. The van der Waals surface area contributed by atoms with Crippen molar-refractivity contribution in [2.24, 2.45) is 0 Å². The first-order valence-corrected chi connectivity index (χ1v) is 6.45. The molecule has 0 saturated heterocycles. The van der Waals surface area contributed by atoms with Crippen LogP contribution in [-0.4, -0.2) is 13.3 Å². The molecule has 0 unspecified atom stereocenters. The zero-order chi connectivity index (χ0) is 14.5. The van der Waals surface area contributed by atoms with Crippen molar-refractivity contribution >= 4 is 12.0 Å². The van der Waals surface area contributed by atoms with Gasteiger partial charge in [-0.2, -0.15) is 5.26 Å². The van der Waals surface area contributed by atoms with Crippen LogP contribution in [0.4, 0.5) is 5.69 Å². The molecule has 20 heavy (non-hydrogen) atoms. The van der Waals surface area contributed by atoms with E-state index in [9.17, 15) is 4.79 Å². The topological polar surface area (TPSA) is 52.9 Å². The normalized spacial score (nSPS) is 9.85. The van der Waals surface area contributed by atoms with Crippen molar-refractivity contribution in [3.05, 3.63) is 53.1 Å².